The van der Waals surface area contributed by atoms with Crippen molar-refractivity contribution >= 4 is 35.5 Å². The summed E-state index contributed by atoms with van der Waals surface area (Å²) in [5.74, 6) is -0.431. The molecule has 0 aromatic heterocycles. The van der Waals surface area contributed by atoms with Gasteiger partial charge in [0.15, 0.2) is 0 Å². The van der Waals surface area contributed by atoms with E-state index >= 15 is 0 Å². The summed E-state index contributed by atoms with van der Waals surface area (Å²) in [7, 11) is 0. The number of nitrogens with two attached hydrogens (primary N) is 2. The summed E-state index contributed by atoms with van der Waals surface area (Å²) in [5, 5.41) is 9.62. The van der Waals surface area contributed by atoms with Crippen molar-refractivity contribution in [3.8, 4) is 0 Å². The van der Waals surface area contributed by atoms with Crippen LogP contribution in [-0.2, 0) is 4.79 Å². The van der Waals surface area contributed by atoms with Crippen molar-refractivity contribution in [1.29, 1.82) is 0 Å². The molecule has 0 rings (SSSR count). The maximum atomic E-state index is 11.7. The van der Waals surface area contributed by atoms with Crippen molar-refractivity contribution in [2.75, 3.05) is 6.54 Å². The van der Waals surface area contributed by atoms with Crippen LogP contribution >= 0.6 is 0 Å². The summed E-state index contributed by atoms with van der Waals surface area (Å²) in [6.45, 7) is 5.16. The van der Waals surface area contributed by atoms with Crippen LogP contribution in [0.15, 0.2) is 0 Å². The van der Waals surface area contributed by atoms with Crippen LogP contribution < -0.4 is 11.5 Å². The van der Waals surface area contributed by atoms with Gasteiger partial charge in [0.25, 0.3) is 0 Å². The van der Waals surface area contributed by atoms with Crippen LogP contribution in [0.2, 0.25) is 0 Å². The van der Waals surface area contributed by atoms with E-state index in [0.717, 1.165) is 25.7 Å². The molecule has 0 aromatic rings. The van der Waals surface area contributed by atoms with E-state index in [-0.39, 0.29) is 35.5 Å². The number of rotatable bonds is 27. The molecule has 0 spiro atoms. The third-order valence-corrected chi connectivity index (χ3v) is 7.71. The van der Waals surface area contributed by atoms with Crippen LogP contribution in [0.3, 0.4) is 0 Å². The Morgan fingerprint density at radius 2 is 0.943 bits per heavy atom. The Morgan fingerprint density at radius 1 is 0.600 bits per heavy atom. The normalized spacial score (nSPS) is 13.8. The van der Waals surface area contributed by atoms with E-state index in [0.29, 0.717) is 12.5 Å². The van der Waals surface area contributed by atoms with Crippen molar-refractivity contribution < 1.29 is 9.90 Å². The number of carboxylic acids is 1. The molecule has 35 heavy (non-hydrogen) atoms. The summed E-state index contributed by atoms with van der Waals surface area (Å²) in [5.41, 5.74) is 12.1. The van der Waals surface area contributed by atoms with E-state index in [2.05, 4.69) is 13.8 Å². The monoisotopic (exact) mass is 506 g/mol. The first-order valence-electron chi connectivity index (χ1n) is 15.3. The Bertz CT molecular complexity index is 437. The summed E-state index contributed by atoms with van der Waals surface area (Å²) in [6, 6.07) is -0.752. The summed E-state index contributed by atoms with van der Waals surface area (Å²) in [6.07, 6.45) is 29.2. The molecule has 0 radical (unpaired) electrons. The Morgan fingerprint density at radius 3 is 1.29 bits per heavy atom. The van der Waals surface area contributed by atoms with Gasteiger partial charge in [-0.05, 0) is 31.2 Å². The van der Waals surface area contributed by atoms with E-state index in [4.69, 9.17) is 11.5 Å². The molecule has 0 saturated heterocycles. The molecule has 0 bridgehead atoms. The standard InChI is InChI=1S/C30H62N2O2.Na.H/c1-3-5-7-9-11-13-15-17-19-21-23-27(25-26-31)28(29(32)30(33)34)24-22-20-18-16-14-12-10-8-6-4-2;;/h27-29H,3-26,31-32H2,1-2H3,(H,33,34);;. The van der Waals surface area contributed by atoms with Gasteiger partial charge in [-0.3, -0.25) is 4.79 Å². The van der Waals surface area contributed by atoms with Crippen molar-refractivity contribution in [3.63, 3.8) is 0 Å². The SMILES string of the molecule is CCCCCCCCCCCCC(CCN)C(CCCCCCCCCCCC)C(N)C(=O)O.[NaH]. The fourth-order valence-electron chi connectivity index (χ4n) is 5.44. The Hall–Kier alpha value is 0.390. The molecule has 0 amide bonds. The zero-order valence-electron chi connectivity index (χ0n) is 23.2. The van der Waals surface area contributed by atoms with Crippen LogP contribution in [0.4, 0.5) is 0 Å². The predicted octanol–water partition coefficient (Wildman–Crippen LogP) is 7.95. The number of carboxylic acid groups (broad SMARTS) is 1. The van der Waals surface area contributed by atoms with Gasteiger partial charge in [0.2, 0.25) is 0 Å². The van der Waals surface area contributed by atoms with E-state index in [9.17, 15) is 9.90 Å². The third-order valence-electron chi connectivity index (χ3n) is 7.71. The van der Waals surface area contributed by atoms with Gasteiger partial charge in [0.05, 0.1) is 0 Å². The second kappa shape index (κ2) is 29.0. The first kappa shape index (κ1) is 37.5. The second-order valence-electron chi connectivity index (χ2n) is 10.8. The molecule has 206 valence electrons. The van der Waals surface area contributed by atoms with Gasteiger partial charge in [-0.25, -0.2) is 0 Å². The van der Waals surface area contributed by atoms with Crippen LogP contribution in [0.1, 0.15) is 162 Å². The molecule has 0 saturated carbocycles. The van der Waals surface area contributed by atoms with Gasteiger partial charge in [0, 0.05) is 0 Å². The molecule has 0 aromatic carbocycles. The van der Waals surface area contributed by atoms with Crippen LogP contribution in [0, 0.1) is 11.8 Å². The summed E-state index contributed by atoms with van der Waals surface area (Å²) in [4.78, 5) is 11.7. The van der Waals surface area contributed by atoms with Gasteiger partial charge in [-0.2, -0.15) is 0 Å². The molecular weight excluding hydrogens is 443 g/mol. The molecule has 0 aliphatic carbocycles. The van der Waals surface area contributed by atoms with Gasteiger partial charge in [-0.1, -0.05) is 149 Å². The average molecular weight is 507 g/mol. The fraction of sp³-hybridized carbons (Fsp3) is 0.967. The minimum absolute atomic E-state index is 0. The average Bonchev–Trinajstić information content (AvgIpc) is 2.83. The van der Waals surface area contributed by atoms with Gasteiger partial charge < -0.3 is 16.6 Å². The summed E-state index contributed by atoms with van der Waals surface area (Å²) < 4.78 is 0. The van der Waals surface area contributed by atoms with Gasteiger partial charge >= 0.3 is 35.5 Å². The topological polar surface area (TPSA) is 89.3 Å². The number of hydrogen-bond donors (Lipinski definition) is 3. The zero-order valence-corrected chi connectivity index (χ0v) is 23.2. The van der Waals surface area contributed by atoms with Crippen LogP contribution in [0.5, 0.6) is 0 Å². The zero-order chi connectivity index (χ0) is 25.3. The molecule has 0 fully saturated rings. The number of aliphatic carboxylic acids is 1. The van der Waals surface area contributed by atoms with E-state index < -0.39 is 12.0 Å². The molecule has 5 N–H and O–H groups in total. The molecule has 5 heteroatoms. The maximum absolute atomic E-state index is 11.7. The van der Waals surface area contributed by atoms with Crippen molar-refractivity contribution in [2.45, 2.75) is 168 Å². The van der Waals surface area contributed by atoms with Crippen molar-refractivity contribution in [1.82, 2.24) is 0 Å². The first-order valence-corrected chi connectivity index (χ1v) is 15.3. The second-order valence-corrected chi connectivity index (χ2v) is 10.8. The Labute approximate surface area is 241 Å². The Kier molecular flexibility index (Phi) is 31.1. The fourth-order valence-corrected chi connectivity index (χ4v) is 5.44. The van der Waals surface area contributed by atoms with E-state index in [1.54, 1.807) is 0 Å². The molecule has 3 atom stereocenters. The molecular formula is C30H63N2NaO2. The quantitative estimate of drug-likeness (QED) is 0.0778. The van der Waals surface area contributed by atoms with E-state index in [1.165, 1.54) is 122 Å². The molecule has 0 heterocycles. The van der Waals surface area contributed by atoms with Gasteiger partial charge in [-0.15, -0.1) is 0 Å². The first-order chi connectivity index (χ1) is 16.6. The molecule has 3 unspecified atom stereocenters. The number of hydrogen-bond acceptors (Lipinski definition) is 3. The van der Waals surface area contributed by atoms with Crippen molar-refractivity contribution in [2.24, 2.45) is 23.3 Å². The van der Waals surface area contributed by atoms with Crippen LogP contribution in [-0.4, -0.2) is 53.2 Å². The minimum atomic E-state index is -0.845. The third kappa shape index (κ3) is 23.3. The molecule has 0 aliphatic heterocycles. The number of carbonyl (C=O) groups is 1. The van der Waals surface area contributed by atoms with E-state index in [1.807, 2.05) is 0 Å². The molecule has 4 nitrogen and oxygen atoms in total. The molecule has 0 aliphatic rings. The predicted molar refractivity (Wildman–Crippen MR) is 156 cm³/mol. The van der Waals surface area contributed by atoms with Gasteiger partial charge in [0.1, 0.15) is 6.04 Å². The summed E-state index contributed by atoms with van der Waals surface area (Å²) >= 11 is 0. The Balaban J connectivity index is 0. The van der Waals surface area contributed by atoms with Crippen molar-refractivity contribution in [3.05, 3.63) is 0 Å². The van der Waals surface area contributed by atoms with Crippen LogP contribution in [0.25, 0.3) is 0 Å². The number of unbranched alkanes of at least 4 members (excludes halogenated alkanes) is 18.